The average molecular weight is 297 g/mol. The summed E-state index contributed by atoms with van der Waals surface area (Å²) in [6.07, 6.45) is 2.92. The second-order valence-corrected chi connectivity index (χ2v) is 5.80. The predicted octanol–water partition coefficient (Wildman–Crippen LogP) is 0.383. The third-order valence-corrected chi connectivity index (χ3v) is 4.16. The molecule has 120 valence electrons. The molecule has 3 N–H and O–H groups in total. The molecule has 1 aliphatic heterocycles. The SMILES string of the molecule is COc1cnn(CCN(C)C)c1C(NN)C1CCOC1C. The normalized spacial score (nSPS) is 23.7. The van der Waals surface area contributed by atoms with Crippen molar-refractivity contribution in [2.75, 3.05) is 34.4 Å². The Morgan fingerprint density at radius 3 is 2.90 bits per heavy atom. The highest BCUT2D eigenvalue weighted by Gasteiger charge is 2.36. The summed E-state index contributed by atoms with van der Waals surface area (Å²) < 4.78 is 13.1. The number of aromatic nitrogens is 2. The van der Waals surface area contributed by atoms with Crippen LogP contribution < -0.4 is 16.0 Å². The molecule has 1 aromatic rings. The lowest BCUT2D eigenvalue weighted by atomic mass is 9.91. The van der Waals surface area contributed by atoms with E-state index in [1.54, 1.807) is 13.3 Å². The molecule has 0 radical (unpaired) electrons. The van der Waals surface area contributed by atoms with Crippen LogP contribution in [-0.4, -0.2) is 55.1 Å². The summed E-state index contributed by atoms with van der Waals surface area (Å²) in [6.45, 7) is 4.57. The van der Waals surface area contributed by atoms with Crippen LogP contribution in [0.15, 0.2) is 6.20 Å². The number of rotatable bonds is 7. The number of nitrogens with one attached hydrogen (secondary N) is 1. The fourth-order valence-corrected chi connectivity index (χ4v) is 2.91. The van der Waals surface area contributed by atoms with E-state index < -0.39 is 0 Å². The first kappa shape index (κ1) is 16.2. The maximum absolute atomic E-state index is 5.84. The largest absolute Gasteiger partial charge is 0.493 e. The number of likely N-dealkylation sites (N-methyl/N-ethyl adjacent to an activating group) is 1. The maximum Gasteiger partial charge on any atom is 0.161 e. The highest BCUT2D eigenvalue weighted by molar-refractivity contribution is 5.29. The van der Waals surface area contributed by atoms with Gasteiger partial charge in [-0.15, -0.1) is 0 Å². The smallest absolute Gasteiger partial charge is 0.161 e. The first-order valence-corrected chi connectivity index (χ1v) is 7.40. The van der Waals surface area contributed by atoms with Crippen LogP contribution in [0, 0.1) is 5.92 Å². The van der Waals surface area contributed by atoms with Crippen LogP contribution >= 0.6 is 0 Å². The van der Waals surface area contributed by atoms with Crippen molar-refractivity contribution in [2.45, 2.75) is 32.0 Å². The van der Waals surface area contributed by atoms with Gasteiger partial charge in [0.05, 0.1) is 37.7 Å². The Morgan fingerprint density at radius 2 is 2.38 bits per heavy atom. The molecular weight excluding hydrogens is 270 g/mol. The minimum absolute atomic E-state index is 0.0258. The molecule has 0 bridgehead atoms. The Bertz CT molecular complexity index is 449. The average Bonchev–Trinajstić information content (AvgIpc) is 3.05. The lowest BCUT2D eigenvalue weighted by Crippen LogP contribution is -2.38. The van der Waals surface area contributed by atoms with Gasteiger partial charge in [0.1, 0.15) is 0 Å². The van der Waals surface area contributed by atoms with Crippen molar-refractivity contribution in [3.8, 4) is 5.75 Å². The van der Waals surface area contributed by atoms with Crippen molar-refractivity contribution in [3.63, 3.8) is 0 Å². The van der Waals surface area contributed by atoms with Crippen molar-refractivity contribution in [3.05, 3.63) is 11.9 Å². The van der Waals surface area contributed by atoms with E-state index in [1.807, 2.05) is 18.8 Å². The Balaban J connectivity index is 2.27. The zero-order valence-corrected chi connectivity index (χ0v) is 13.4. The summed E-state index contributed by atoms with van der Waals surface area (Å²) in [5, 5.41) is 4.45. The summed E-state index contributed by atoms with van der Waals surface area (Å²) >= 11 is 0. The van der Waals surface area contributed by atoms with Crippen LogP contribution in [-0.2, 0) is 11.3 Å². The molecule has 0 saturated carbocycles. The van der Waals surface area contributed by atoms with Gasteiger partial charge in [0.15, 0.2) is 5.75 Å². The first-order valence-electron chi connectivity index (χ1n) is 7.40. The number of hydrogen-bond acceptors (Lipinski definition) is 6. The van der Waals surface area contributed by atoms with Crippen molar-refractivity contribution in [1.82, 2.24) is 20.1 Å². The number of hydrogen-bond donors (Lipinski definition) is 2. The summed E-state index contributed by atoms with van der Waals surface area (Å²) in [6, 6.07) is -0.0258. The van der Waals surface area contributed by atoms with Crippen molar-refractivity contribution in [2.24, 2.45) is 11.8 Å². The zero-order chi connectivity index (χ0) is 15.4. The number of ether oxygens (including phenoxy) is 2. The van der Waals surface area contributed by atoms with Crippen LogP contribution in [0.25, 0.3) is 0 Å². The molecule has 21 heavy (non-hydrogen) atoms. The standard InChI is InChI=1S/C14H27N5O2/c1-10-11(5-8-21-10)13(17-15)14-12(20-4)9-16-19(14)7-6-18(2)3/h9-11,13,17H,5-8,15H2,1-4H3. The molecular formula is C14H27N5O2. The lowest BCUT2D eigenvalue weighted by Gasteiger charge is -2.27. The third kappa shape index (κ3) is 3.55. The van der Waals surface area contributed by atoms with Crippen LogP contribution in [0.4, 0.5) is 0 Å². The first-order chi connectivity index (χ1) is 10.1. The molecule has 1 fully saturated rings. The Morgan fingerprint density at radius 1 is 1.62 bits per heavy atom. The van der Waals surface area contributed by atoms with E-state index >= 15 is 0 Å². The molecule has 7 heteroatoms. The Kier molecular flexibility index (Phi) is 5.58. The van der Waals surface area contributed by atoms with Gasteiger partial charge in [-0.05, 0) is 27.4 Å². The van der Waals surface area contributed by atoms with Gasteiger partial charge >= 0.3 is 0 Å². The van der Waals surface area contributed by atoms with E-state index in [1.165, 1.54) is 0 Å². The fraction of sp³-hybridized carbons (Fsp3) is 0.786. The third-order valence-electron chi connectivity index (χ3n) is 4.16. The zero-order valence-electron chi connectivity index (χ0n) is 13.4. The number of methoxy groups -OCH3 is 1. The van der Waals surface area contributed by atoms with Crippen LogP contribution in [0.1, 0.15) is 25.1 Å². The van der Waals surface area contributed by atoms with Gasteiger partial charge in [-0.25, -0.2) is 0 Å². The van der Waals surface area contributed by atoms with E-state index in [0.717, 1.165) is 37.6 Å². The number of nitrogens with two attached hydrogens (primary N) is 1. The molecule has 2 rings (SSSR count). The van der Waals surface area contributed by atoms with Crippen molar-refractivity contribution < 1.29 is 9.47 Å². The molecule has 0 aromatic carbocycles. The van der Waals surface area contributed by atoms with Gasteiger partial charge in [0.25, 0.3) is 0 Å². The van der Waals surface area contributed by atoms with E-state index in [9.17, 15) is 0 Å². The van der Waals surface area contributed by atoms with Crippen LogP contribution in [0.2, 0.25) is 0 Å². The summed E-state index contributed by atoms with van der Waals surface area (Å²) in [5.41, 5.74) is 3.95. The molecule has 1 aliphatic rings. The number of hydrazine groups is 1. The van der Waals surface area contributed by atoms with Gasteiger partial charge in [-0.1, -0.05) is 0 Å². The topological polar surface area (TPSA) is 77.6 Å². The summed E-state index contributed by atoms with van der Waals surface area (Å²) in [7, 11) is 5.76. The lowest BCUT2D eigenvalue weighted by molar-refractivity contribution is 0.0938. The molecule has 1 aromatic heterocycles. The highest BCUT2D eigenvalue weighted by atomic mass is 16.5. The van der Waals surface area contributed by atoms with Crippen LogP contribution in [0.3, 0.4) is 0 Å². The summed E-state index contributed by atoms with van der Waals surface area (Å²) in [4.78, 5) is 2.13. The molecule has 0 amide bonds. The van der Waals surface area contributed by atoms with Gasteiger partial charge < -0.3 is 14.4 Å². The van der Waals surface area contributed by atoms with E-state index in [-0.39, 0.29) is 12.1 Å². The van der Waals surface area contributed by atoms with Gasteiger partial charge in [0, 0.05) is 19.1 Å². The quantitative estimate of drug-likeness (QED) is 0.560. The minimum atomic E-state index is -0.0258. The van der Waals surface area contributed by atoms with E-state index in [4.69, 9.17) is 15.3 Å². The molecule has 0 spiro atoms. The van der Waals surface area contributed by atoms with E-state index in [0.29, 0.717) is 5.92 Å². The minimum Gasteiger partial charge on any atom is -0.493 e. The number of nitrogens with zero attached hydrogens (tertiary/aromatic N) is 3. The summed E-state index contributed by atoms with van der Waals surface area (Å²) in [5.74, 6) is 6.93. The molecule has 7 nitrogen and oxygen atoms in total. The van der Waals surface area contributed by atoms with Gasteiger partial charge in [-0.2, -0.15) is 5.10 Å². The monoisotopic (exact) mass is 297 g/mol. The predicted molar refractivity (Wildman–Crippen MR) is 80.9 cm³/mol. The second kappa shape index (κ2) is 7.22. The van der Waals surface area contributed by atoms with Crippen LogP contribution in [0.5, 0.6) is 5.75 Å². The van der Waals surface area contributed by atoms with E-state index in [2.05, 4.69) is 22.3 Å². The Hall–Kier alpha value is -1.15. The highest BCUT2D eigenvalue weighted by Crippen LogP contribution is 2.36. The van der Waals surface area contributed by atoms with Crippen molar-refractivity contribution in [1.29, 1.82) is 0 Å². The fourth-order valence-electron chi connectivity index (χ4n) is 2.91. The van der Waals surface area contributed by atoms with Crippen molar-refractivity contribution >= 4 is 0 Å². The molecule has 3 atom stereocenters. The molecule has 2 heterocycles. The molecule has 1 saturated heterocycles. The molecule has 0 aliphatic carbocycles. The van der Waals surface area contributed by atoms with Gasteiger partial charge in [0.2, 0.25) is 0 Å². The second-order valence-electron chi connectivity index (χ2n) is 5.80. The Labute approximate surface area is 126 Å². The molecule has 3 unspecified atom stereocenters. The van der Waals surface area contributed by atoms with Gasteiger partial charge in [-0.3, -0.25) is 16.0 Å². The maximum atomic E-state index is 5.84.